The van der Waals surface area contributed by atoms with Crippen LogP contribution < -0.4 is 14.4 Å². The zero-order valence-corrected chi connectivity index (χ0v) is 19.8. The fourth-order valence-corrected chi connectivity index (χ4v) is 5.33. The van der Waals surface area contributed by atoms with Crippen molar-refractivity contribution in [3.8, 4) is 5.75 Å². The highest BCUT2D eigenvalue weighted by Crippen LogP contribution is 2.42. The number of hydrogen-bond acceptors (Lipinski definition) is 4. The summed E-state index contributed by atoms with van der Waals surface area (Å²) in [5, 5.41) is 3.08. The molecule has 7 heteroatoms. The second kappa shape index (κ2) is 8.91. The van der Waals surface area contributed by atoms with Gasteiger partial charge in [0.15, 0.2) is 0 Å². The Morgan fingerprint density at radius 2 is 1.71 bits per heavy atom. The lowest BCUT2D eigenvalue weighted by Gasteiger charge is -2.41. The summed E-state index contributed by atoms with van der Waals surface area (Å²) in [5.74, 6) is 0.438. The molecule has 1 aliphatic heterocycles. The lowest BCUT2D eigenvalue weighted by Crippen LogP contribution is -2.47. The Morgan fingerprint density at radius 3 is 2.29 bits per heavy atom. The Kier molecular flexibility index (Phi) is 6.65. The van der Waals surface area contributed by atoms with Crippen molar-refractivity contribution in [3.63, 3.8) is 0 Å². The lowest BCUT2D eigenvalue weighted by atomic mass is 9.83. The molecule has 0 aromatic heterocycles. The van der Waals surface area contributed by atoms with Crippen molar-refractivity contribution in [2.45, 2.75) is 58.6 Å². The largest absolute Gasteiger partial charge is 0.487 e. The van der Waals surface area contributed by atoms with E-state index in [9.17, 15) is 13.2 Å². The van der Waals surface area contributed by atoms with Crippen LogP contribution in [-0.4, -0.2) is 32.7 Å². The molecule has 0 saturated carbocycles. The van der Waals surface area contributed by atoms with Crippen LogP contribution in [0.2, 0.25) is 0 Å². The molecular formula is C24H32N2O4S. The summed E-state index contributed by atoms with van der Waals surface area (Å²) in [6, 6.07) is 13.1. The second-order valence-electron chi connectivity index (χ2n) is 8.36. The molecule has 0 aliphatic carbocycles. The maximum Gasteiger partial charge on any atom is 0.241 e. The number of nitrogens with one attached hydrogen (secondary N) is 1. The molecule has 2 aromatic rings. The van der Waals surface area contributed by atoms with Crippen LogP contribution in [-0.2, 0) is 14.8 Å². The molecule has 0 bridgehead atoms. The van der Waals surface area contributed by atoms with E-state index in [2.05, 4.69) is 19.2 Å². The first kappa shape index (κ1) is 23.1. The topological polar surface area (TPSA) is 75.7 Å². The summed E-state index contributed by atoms with van der Waals surface area (Å²) in [6.45, 7) is 7.61. The molecular weight excluding hydrogens is 412 g/mol. The van der Waals surface area contributed by atoms with Crippen LogP contribution in [0.4, 0.5) is 5.69 Å². The Morgan fingerprint density at radius 1 is 1.10 bits per heavy atom. The number of fused-ring (bicyclic) bond motifs is 1. The molecule has 0 spiro atoms. The van der Waals surface area contributed by atoms with Gasteiger partial charge in [-0.05, 0) is 43.9 Å². The van der Waals surface area contributed by atoms with E-state index in [0.29, 0.717) is 12.1 Å². The van der Waals surface area contributed by atoms with Crippen molar-refractivity contribution in [2.24, 2.45) is 0 Å². The number of aryl methyl sites for hydroxylation is 2. The minimum absolute atomic E-state index is 0.239. The molecule has 0 saturated heterocycles. The van der Waals surface area contributed by atoms with Gasteiger partial charge >= 0.3 is 0 Å². The van der Waals surface area contributed by atoms with Gasteiger partial charge in [0.2, 0.25) is 15.9 Å². The molecule has 2 aromatic carbocycles. The van der Waals surface area contributed by atoms with Gasteiger partial charge < -0.3 is 10.1 Å². The zero-order chi connectivity index (χ0) is 22.8. The standard InChI is InChI=1S/C24H32N2O4S/c1-6-24(7-2)15-20(19-13-8-9-14-21(19)30-24)25-22(27)16-26(31(5,28)29)23-17(3)11-10-12-18(23)4/h8-14,20H,6-7,15-16H2,1-5H3,(H,25,27)/t20-/m1/s1. The maximum absolute atomic E-state index is 13.1. The van der Waals surface area contributed by atoms with Crippen LogP contribution in [0.3, 0.4) is 0 Å². The molecule has 1 atom stereocenters. The number of amides is 1. The van der Waals surface area contributed by atoms with Crippen molar-refractivity contribution >= 4 is 21.6 Å². The molecule has 1 aliphatic rings. The maximum atomic E-state index is 13.1. The van der Waals surface area contributed by atoms with Gasteiger partial charge in [-0.3, -0.25) is 9.10 Å². The third-order valence-electron chi connectivity index (χ3n) is 6.20. The van der Waals surface area contributed by atoms with Crippen molar-refractivity contribution in [3.05, 3.63) is 59.2 Å². The van der Waals surface area contributed by atoms with E-state index >= 15 is 0 Å². The molecule has 6 nitrogen and oxygen atoms in total. The molecule has 1 N–H and O–H groups in total. The second-order valence-corrected chi connectivity index (χ2v) is 10.3. The van der Waals surface area contributed by atoms with Crippen LogP contribution in [0.1, 0.15) is 55.8 Å². The van der Waals surface area contributed by atoms with Crippen LogP contribution in [0.15, 0.2) is 42.5 Å². The van der Waals surface area contributed by atoms with Crippen LogP contribution in [0, 0.1) is 13.8 Å². The van der Waals surface area contributed by atoms with E-state index in [0.717, 1.165) is 41.5 Å². The highest BCUT2D eigenvalue weighted by atomic mass is 32.2. The van der Waals surface area contributed by atoms with Crippen molar-refractivity contribution in [1.82, 2.24) is 5.32 Å². The molecule has 3 rings (SSSR count). The first-order valence-electron chi connectivity index (χ1n) is 10.7. The van der Waals surface area contributed by atoms with Gasteiger partial charge in [0.25, 0.3) is 0 Å². The van der Waals surface area contributed by atoms with Gasteiger partial charge in [-0.1, -0.05) is 50.2 Å². The van der Waals surface area contributed by atoms with E-state index in [1.807, 2.05) is 56.3 Å². The van der Waals surface area contributed by atoms with Gasteiger partial charge in [-0.25, -0.2) is 8.42 Å². The fraction of sp³-hybridized carbons (Fsp3) is 0.458. The Bertz CT molecular complexity index is 1040. The number of nitrogens with zero attached hydrogens (tertiary/aromatic N) is 1. The summed E-state index contributed by atoms with van der Waals surface area (Å²) in [7, 11) is -3.64. The SMILES string of the molecule is CCC1(CC)C[C@@H](NC(=O)CN(c2c(C)cccc2C)S(C)(=O)=O)c2ccccc2O1. The third-order valence-corrected chi connectivity index (χ3v) is 7.31. The van der Waals surface area contributed by atoms with Crippen LogP contribution >= 0.6 is 0 Å². The quantitative estimate of drug-likeness (QED) is 0.692. The molecule has 1 heterocycles. The minimum atomic E-state index is -3.64. The summed E-state index contributed by atoms with van der Waals surface area (Å²) in [6.07, 6.45) is 3.42. The van der Waals surface area contributed by atoms with Crippen molar-refractivity contribution in [1.29, 1.82) is 0 Å². The first-order chi connectivity index (χ1) is 14.6. The Labute approximate surface area is 185 Å². The number of carbonyl (C=O) groups is 1. The lowest BCUT2D eigenvalue weighted by molar-refractivity contribution is -0.121. The van der Waals surface area contributed by atoms with E-state index in [4.69, 9.17) is 4.74 Å². The van der Waals surface area contributed by atoms with Crippen molar-refractivity contribution < 1.29 is 17.9 Å². The number of para-hydroxylation sites is 2. The highest BCUT2D eigenvalue weighted by molar-refractivity contribution is 7.92. The minimum Gasteiger partial charge on any atom is -0.487 e. The Balaban J connectivity index is 1.89. The summed E-state index contributed by atoms with van der Waals surface area (Å²) in [5.41, 5.74) is 2.75. The van der Waals surface area contributed by atoms with E-state index in [1.165, 1.54) is 4.31 Å². The third kappa shape index (κ3) is 4.87. The molecule has 168 valence electrons. The molecule has 31 heavy (non-hydrogen) atoms. The smallest absolute Gasteiger partial charge is 0.241 e. The summed E-state index contributed by atoms with van der Waals surface area (Å²) < 4.78 is 32.7. The predicted octanol–water partition coefficient (Wildman–Crippen LogP) is 4.27. The van der Waals surface area contributed by atoms with E-state index < -0.39 is 10.0 Å². The van der Waals surface area contributed by atoms with E-state index in [1.54, 1.807) is 0 Å². The van der Waals surface area contributed by atoms with Gasteiger partial charge in [0.1, 0.15) is 17.9 Å². The van der Waals surface area contributed by atoms with E-state index in [-0.39, 0.29) is 24.1 Å². The average molecular weight is 445 g/mol. The normalized spacial score (nSPS) is 17.4. The zero-order valence-electron chi connectivity index (χ0n) is 18.9. The number of hydrogen-bond donors (Lipinski definition) is 1. The number of benzene rings is 2. The highest BCUT2D eigenvalue weighted by Gasteiger charge is 2.39. The first-order valence-corrected chi connectivity index (χ1v) is 12.6. The molecule has 0 radical (unpaired) electrons. The monoisotopic (exact) mass is 444 g/mol. The predicted molar refractivity (Wildman–Crippen MR) is 124 cm³/mol. The van der Waals surface area contributed by atoms with Gasteiger partial charge in [-0.15, -0.1) is 0 Å². The van der Waals surface area contributed by atoms with Gasteiger partial charge in [-0.2, -0.15) is 0 Å². The van der Waals surface area contributed by atoms with Crippen LogP contribution in [0.25, 0.3) is 0 Å². The number of carbonyl (C=O) groups excluding carboxylic acids is 1. The number of sulfonamides is 1. The van der Waals surface area contributed by atoms with Crippen molar-refractivity contribution in [2.75, 3.05) is 17.1 Å². The number of anilines is 1. The van der Waals surface area contributed by atoms with Crippen LogP contribution in [0.5, 0.6) is 5.75 Å². The Hall–Kier alpha value is -2.54. The number of rotatable bonds is 7. The van der Waals surface area contributed by atoms with Gasteiger partial charge in [0.05, 0.1) is 18.0 Å². The molecule has 1 amide bonds. The summed E-state index contributed by atoms with van der Waals surface area (Å²) >= 11 is 0. The average Bonchev–Trinajstić information content (AvgIpc) is 2.72. The van der Waals surface area contributed by atoms with Gasteiger partial charge in [0, 0.05) is 12.0 Å². The molecule has 0 unspecified atom stereocenters. The summed E-state index contributed by atoms with van der Waals surface area (Å²) in [4.78, 5) is 13.1. The molecule has 0 fully saturated rings. The fourth-order valence-electron chi connectivity index (χ4n) is 4.36. The number of ether oxygens (including phenoxy) is 1.